The van der Waals surface area contributed by atoms with E-state index >= 15 is 0 Å². The largest absolute Gasteiger partial charge is 0.486 e. The van der Waals surface area contributed by atoms with Crippen LogP contribution in [0.4, 0.5) is 0 Å². The highest BCUT2D eigenvalue weighted by molar-refractivity contribution is 5.43. The van der Waals surface area contributed by atoms with Crippen LogP contribution in [-0.4, -0.2) is 44.3 Å². The van der Waals surface area contributed by atoms with Crippen molar-refractivity contribution in [3.63, 3.8) is 0 Å². The molecule has 4 heteroatoms. The smallest absolute Gasteiger partial charge is 0.161 e. The normalized spacial score (nSPS) is 29.2. The van der Waals surface area contributed by atoms with Gasteiger partial charge in [-0.15, -0.1) is 0 Å². The molecule has 3 aliphatic heterocycles. The topological polar surface area (TPSA) is 33.7 Å². The lowest BCUT2D eigenvalue weighted by Gasteiger charge is -2.34. The molecule has 0 saturated carbocycles. The minimum atomic E-state index is 0.661. The van der Waals surface area contributed by atoms with Crippen LogP contribution in [0.15, 0.2) is 18.2 Å². The Morgan fingerprint density at radius 3 is 2.90 bits per heavy atom. The first kappa shape index (κ1) is 12.5. The van der Waals surface area contributed by atoms with Gasteiger partial charge in [0.25, 0.3) is 0 Å². The predicted octanol–water partition coefficient (Wildman–Crippen LogP) is 1.50. The summed E-state index contributed by atoms with van der Waals surface area (Å²) in [6.45, 7) is 7.22. The minimum Gasteiger partial charge on any atom is -0.486 e. The molecule has 2 fully saturated rings. The van der Waals surface area contributed by atoms with Crippen LogP contribution in [0.1, 0.15) is 12.0 Å². The third kappa shape index (κ3) is 2.38. The Kier molecular flexibility index (Phi) is 3.28. The zero-order chi connectivity index (χ0) is 13.4. The minimum absolute atomic E-state index is 0.661. The maximum atomic E-state index is 5.67. The quantitative estimate of drug-likeness (QED) is 0.886. The zero-order valence-corrected chi connectivity index (χ0v) is 11.8. The van der Waals surface area contributed by atoms with Gasteiger partial charge in [0.1, 0.15) is 13.2 Å². The SMILES string of the molecule is c1cc2c(cc1CN1CCC3CNCC3C1)OCCO2. The summed E-state index contributed by atoms with van der Waals surface area (Å²) in [6, 6.07) is 6.37. The second-order valence-electron chi connectivity index (χ2n) is 6.18. The molecule has 1 N–H and O–H groups in total. The molecule has 3 heterocycles. The van der Waals surface area contributed by atoms with Gasteiger partial charge in [-0.1, -0.05) is 6.07 Å². The highest BCUT2D eigenvalue weighted by Crippen LogP contribution is 2.32. The molecule has 0 radical (unpaired) electrons. The fraction of sp³-hybridized carbons (Fsp3) is 0.625. The van der Waals surface area contributed by atoms with Gasteiger partial charge in [0, 0.05) is 13.1 Å². The Hall–Kier alpha value is -1.26. The molecule has 3 aliphatic rings. The van der Waals surface area contributed by atoms with Gasteiger partial charge in [0.2, 0.25) is 0 Å². The lowest BCUT2D eigenvalue weighted by atomic mass is 9.88. The van der Waals surface area contributed by atoms with Crippen molar-refractivity contribution in [1.29, 1.82) is 0 Å². The van der Waals surface area contributed by atoms with E-state index in [1.54, 1.807) is 0 Å². The molecule has 2 saturated heterocycles. The Bertz CT molecular complexity index is 491. The van der Waals surface area contributed by atoms with E-state index in [-0.39, 0.29) is 0 Å². The number of hydrogen-bond acceptors (Lipinski definition) is 4. The van der Waals surface area contributed by atoms with E-state index in [0.717, 1.165) is 29.9 Å². The van der Waals surface area contributed by atoms with Gasteiger partial charge in [0.15, 0.2) is 11.5 Å². The van der Waals surface area contributed by atoms with Crippen molar-refractivity contribution in [2.75, 3.05) is 39.4 Å². The van der Waals surface area contributed by atoms with Gasteiger partial charge in [-0.05, 0) is 55.6 Å². The van der Waals surface area contributed by atoms with Gasteiger partial charge < -0.3 is 14.8 Å². The van der Waals surface area contributed by atoms with E-state index in [9.17, 15) is 0 Å². The third-order valence-corrected chi connectivity index (χ3v) is 4.80. The fourth-order valence-corrected chi connectivity index (χ4v) is 3.70. The molecule has 0 aromatic heterocycles. The number of benzene rings is 1. The van der Waals surface area contributed by atoms with Gasteiger partial charge in [-0.2, -0.15) is 0 Å². The molecule has 108 valence electrons. The lowest BCUT2D eigenvalue weighted by Crippen LogP contribution is -2.39. The molecule has 0 amide bonds. The summed E-state index contributed by atoms with van der Waals surface area (Å²) in [5, 5.41) is 3.53. The number of ether oxygens (including phenoxy) is 2. The van der Waals surface area contributed by atoms with Crippen molar-refractivity contribution >= 4 is 0 Å². The molecular weight excluding hydrogens is 252 g/mol. The maximum Gasteiger partial charge on any atom is 0.161 e. The average Bonchev–Trinajstić information content (AvgIpc) is 2.95. The van der Waals surface area contributed by atoms with Crippen molar-refractivity contribution in [3.8, 4) is 11.5 Å². The van der Waals surface area contributed by atoms with Gasteiger partial charge in [-0.25, -0.2) is 0 Å². The molecule has 4 rings (SSSR count). The molecule has 1 aromatic rings. The number of nitrogens with one attached hydrogen (secondary N) is 1. The molecule has 1 aromatic carbocycles. The standard InChI is InChI=1S/C16H22N2O2/c1-2-15-16(20-6-5-19-15)7-12(1)10-18-4-3-13-8-17-9-14(13)11-18/h1-2,7,13-14,17H,3-6,8-11H2. The van der Waals surface area contributed by atoms with Crippen LogP contribution >= 0.6 is 0 Å². The van der Waals surface area contributed by atoms with Crippen LogP contribution in [0, 0.1) is 11.8 Å². The van der Waals surface area contributed by atoms with Crippen LogP contribution < -0.4 is 14.8 Å². The van der Waals surface area contributed by atoms with Crippen LogP contribution in [0.2, 0.25) is 0 Å². The zero-order valence-electron chi connectivity index (χ0n) is 11.8. The first-order valence-electron chi connectivity index (χ1n) is 7.70. The Labute approximate surface area is 120 Å². The first-order chi connectivity index (χ1) is 9.88. The molecular formula is C16H22N2O2. The molecule has 0 bridgehead atoms. The molecule has 0 aliphatic carbocycles. The van der Waals surface area contributed by atoms with Crippen molar-refractivity contribution in [2.45, 2.75) is 13.0 Å². The summed E-state index contributed by atoms with van der Waals surface area (Å²) in [4.78, 5) is 2.58. The molecule has 4 nitrogen and oxygen atoms in total. The number of nitrogens with zero attached hydrogens (tertiary/aromatic N) is 1. The Morgan fingerprint density at radius 2 is 1.95 bits per heavy atom. The second kappa shape index (κ2) is 5.26. The van der Waals surface area contributed by atoms with Crippen molar-refractivity contribution in [1.82, 2.24) is 10.2 Å². The summed E-state index contributed by atoms with van der Waals surface area (Å²) >= 11 is 0. The number of hydrogen-bond donors (Lipinski definition) is 1. The number of piperidine rings is 1. The number of rotatable bonds is 2. The number of fused-ring (bicyclic) bond motifs is 2. The van der Waals surface area contributed by atoms with Crippen LogP contribution in [0.5, 0.6) is 11.5 Å². The molecule has 2 atom stereocenters. The maximum absolute atomic E-state index is 5.67. The average molecular weight is 274 g/mol. The first-order valence-corrected chi connectivity index (χ1v) is 7.70. The van der Waals surface area contributed by atoms with Crippen molar-refractivity contribution < 1.29 is 9.47 Å². The van der Waals surface area contributed by atoms with Gasteiger partial charge in [-0.3, -0.25) is 4.90 Å². The summed E-state index contributed by atoms with van der Waals surface area (Å²) < 4.78 is 11.2. The molecule has 2 unspecified atom stereocenters. The Morgan fingerprint density at radius 1 is 1.10 bits per heavy atom. The predicted molar refractivity (Wildman–Crippen MR) is 77.2 cm³/mol. The van der Waals surface area contributed by atoms with E-state index in [1.165, 1.54) is 38.2 Å². The van der Waals surface area contributed by atoms with Crippen LogP contribution in [0.3, 0.4) is 0 Å². The van der Waals surface area contributed by atoms with Gasteiger partial charge >= 0.3 is 0 Å². The summed E-state index contributed by atoms with van der Waals surface area (Å²) in [5.41, 5.74) is 1.33. The van der Waals surface area contributed by atoms with E-state index < -0.39 is 0 Å². The highest BCUT2D eigenvalue weighted by Gasteiger charge is 2.32. The van der Waals surface area contributed by atoms with Crippen LogP contribution in [-0.2, 0) is 6.54 Å². The highest BCUT2D eigenvalue weighted by atomic mass is 16.6. The van der Waals surface area contributed by atoms with Crippen LogP contribution in [0.25, 0.3) is 0 Å². The summed E-state index contributed by atoms with van der Waals surface area (Å²) in [7, 11) is 0. The summed E-state index contributed by atoms with van der Waals surface area (Å²) in [5.74, 6) is 3.55. The summed E-state index contributed by atoms with van der Waals surface area (Å²) in [6.07, 6.45) is 1.34. The van der Waals surface area contributed by atoms with Gasteiger partial charge in [0.05, 0.1) is 0 Å². The Balaban J connectivity index is 1.43. The monoisotopic (exact) mass is 274 g/mol. The second-order valence-corrected chi connectivity index (χ2v) is 6.18. The molecule has 20 heavy (non-hydrogen) atoms. The van der Waals surface area contributed by atoms with Crippen molar-refractivity contribution in [2.24, 2.45) is 11.8 Å². The molecule has 0 spiro atoms. The fourth-order valence-electron chi connectivity index (χ4n) is 3.70. The van der Waals surface area contributed by atoms with Crippen molar-refractivity contribution in [3.05, 3.63) is 23.8 Å². The van der Waals surface area contributed by atoms with E-state index in [4.69, 9.17) is 9.47 Å². The third-order valence-electron chi connectivity index (χ3n) is 4.80. The van der Waals surface area contributed by atoms with E-state index in [2.05, 4.69) is 22.3 Å². The number of likely N-dealkylation sites (tertiary alicyclic amines) is 1. The lowest BCUT2D eigenvalue weighted by molar-refractivity contribution is 0.141. The van der Waals surface area contributed by atoms with E-state index in [1.807, 2.05) is 6.07 Å². The van der Waals surface area contributed by atoms with E-state index in [0.29, 0.717) is 13.2 Å².